The van der Waals surface area contributed by atoms with Crippen LogP contribution in [0.1, 0.15) is 42.7 Å². The molecular formula is C29H32F4N2OS. The molecule has 1 fully saturated rings. The first kappa shape index (κ1) is 30.2. The van der Waals surface area contributed by atoms with Crippen LogP contribution in [0.3, 0.4) is 0 Å². The largest absolute Gasteiger partial charge is 0.480 e. The number of hydrogen-bond acceptors (Lipinski definition) is 4. The number of aryl methyl sites for hydroxylation is 3. The Kier molecular flexibility index (Phi) is 10.2. The molecule has 198 valence electrons. The zero-order valence-electron chi connectivity index (χ0n) is 21.7. The molecule has 2 aromatic rings. The SMILES string of the molecule is C#CCOC(=C)C=Nc1c(C)ccnc1C.C=CS[C@@]1(C(F)F)CC1C(C)(C)c1cc(C)cc(F)c1F. The number of ether oxygens (including phenoxy) is 1. The fourth-order valence-electron chi connectivity index (χ4n) is 4.27. The van der Waals surface area contributed by atoms with E-state index in [1.54, 1.807) is 39.2 Å². The van der Waals surface area contributed by atoms with E-state index in [4.69, 9.17) is 11.2 Å². The Balaban J connectivity index is 0.000000271. The first-order chi connectivity index (χ1) is 17.3. The van der Waals surface area contributed by atoms with E-state index >= 15 is 0 Å². The van der Waals surface area contributed by atoms with Crippen LogP contribution in [0.2, 0.25) is 0 Å². The third kappa shape index (κ3) is 7.04. The summed E-state index contributed by atoms with van der Waals surface area (Å²) in [6.07, 6.45) is 6.11. The summed E-state index contributed by atoms with van der Waals surface area (Å²) in [5.41, 5.74) is 2.65. The summed E-state index contributed by atoms with van der Waals surface area (Å²) in [6, 6.07) is 4.57. The van der Waals surface area contributed by atoms with E-state index < -0.39 is 34.1 Å². The minimum atomic E-state index is -2.53. The summed E-state index contributed by atoms with van der Waals surface area (Å²) < 4.78 is 58.3. The van der Waals surface area contributed by atoms with Crippen LogP contribution in [-0.4, -0.2) is 29.0 Å². The summed E-state index contributed by atoms with van der Waals surface area (Å²) in [4.78, 5) is 8.44. The number of thioether (sulfide) groups is 1. The molecule has 1 heterocycles. The van der Waals surface area contributed by atoms with Gasteiger partial charge in [-0.05, 0) is 72.8 Å². The summed E-state index contributed by atoms with van der Waals surface area (Å²) in [6.45, 7) is 16.3. The number of halogens is 4. The van der Waals surface area contributed by atoms with Crippen molar-refractivity contribution in [2.45, 2.75) is 57.6 Å². The molecule has 3 nitrogen and oxygen atoms in total. The number of pyridine rings is 1. The van der Waals surface area contributed by atoms with Crippen molar-refractivity contribution in [3.63, 3.8) is 0 Å². The van der Waals surface area contributed by atoms with Crippen LogP contribution in [0.5, 0.6) is 0 Å². The van der Waals surface area contributed by atoms with Crippen LogP contribution in [-0.2, 0) is 10.2 Å². The summed E-state index contributed by atoms with van der Waals surface area (Å²) >= 11 is 0.994. The highest BCUT2D eigenvalue weighted by Gasteiger charge is 2.66. The molecule has 3 rings (SSSR count). The van der Waals surface area contributed by atoms with Gasteiger partial charge in [0.05, 0.1) is 22.3 Å². The molecule has 0 bridgehead atoms. The van der Waals surface area contributed by atoms with Gasteiger partial charge in [0.2, 0.25) is 0 Å². The molecule has 1 aliphatic rings. The minimum absolute atomic E-state index is 0.164. The Morgan fingerprint density at radius 3 is 2.59 bits per heavy atom. The summed E-state index contributed by atoms with van der Waals surface area (Å²) in [7, 11) is 0. The smallest absolute Gasteiger partial charge is 0.253 e. The molecule has 0 radical (unpaired) electrons. The second kappa shape index (κ2) is 12.5. The highest BCUT2D eigenvalue weighted by molar-refractivity contribution is 8.03. The van der Waals surface area contributed by atoms with Gasteiger partial charge in [-0.2, -0.15) is 0 Å². The number of aromatic nitrogens is 1. The van der Waals surface area contributed by atoms with Gasteiger partial charge in [0.15, 0.2) is 11.6 Å². The predicted molar refractivity (Wildman–Crippen MR) is 145 cm³/mol. The van der Waals surface area contributed by atoms with E-state index in [-0.39, 0.29) is 18.6 Å². The molecule has 2 atom stereocenters. The molecule has 1 aromatic carbocycles. The average Bonchev–Trinajstić information content (AvgIpc) is 3.57. The standard InChI is InChI=1S/C16H18F4S.C13H14N2O/c1-5-21-16(14(19)20)8-12(16)15(3,4)10-6-9(2)7-11(17)13(10)18;1-5-8-16-11(3)9-15-13-10(2)6-7-14-12(13)4/h5-7,12,14H,1,8H2,2-4H3;1,6-7,9H,3,8H2,2,4H3/t12?,16-;/m0./s1. The quantitative estimate of drug-likeness (QED) is 0.142. The lowest BCUT2D eigenvalue weighted by Gasteiger charge is -2.29. The second-order valence-corrected chi connectivity index (χ2v) is 10.7. The number of terminal acetylenes is 1. The number of hydrogen-bond donors (Lipinski definition) is 0. The number of rotatable bonds is 9. The third-order valence-electron chi connectivity index (χ3n) is 6.35. The van der Waals surface area contributed by atoms with Crippen molar-refractivity contribution in [3.05, 3.63) is 82.7 Å². The Bertz CT molecular complexity index is 1200. The van der Waals surface area contributed by atoms with Gasteiger partial charge in [0, 0.05) is 6.20 Å². The molecule has 1 unspecified atom stereocenters. The van der Waals surface area contributed by atoms with Crippen molar-refractivity contribution in [2.24, 2.45) is 10.9 Å². The topological polar surface area (TPSA) is 34.5 Å². The van der Waals surface area contributed by atoms with Crippen molar-refractivity contribution >= 4 is 23.7 Å². The van der Waals surface area contributed by atoms with Gasteiger partial charge in [-0.25, -0.2) is 17.6 Å². The molecule has 37 heavy (non-hydrogen) atoms. The molecule has 0 amide bonds. The molecule has 8 heteroatoms. The normalized spacial score (nSPS) is 18.7. The van der Waals surface area contributed by atoms with Gasteiger partial charge in [-0.3, -0.25) is 9.98 Å². The van der Waals surface area contributed by atoms with Gasteiger partial charge in [0.25, 0.3) is 6.43 Å². The molecule has 1 aromatic heterocycles. The minimum Gasteiger partial charge on any atom is -0.480 e. The lowest BCUT2D eigenvalue weighted by molar-refractivity contribution is 0.125. The molecular weight excluding hydrogens is 500 g/mol. The summed E-state index contributed by atoms with van der Waals surface area (Å²) in [5.74, 6) is 0.507. The third-order valence-corrected chi connectivity index (χ3v) is 7.59. The van der Waals surface area contributed by atoms with Gasteiger partial charge in [0.1, 0.15) is 12.4 Å². The van der Waals surface area contributed by atoms with Crippen LogP contribution in [0.25, 0.3) is 0 Å². The molecule has 1 aliphatic carbocycles. The number of nitrogens with zero attached hydrogens (tertiary/aromatic N) is 2. The monoisotopic (exact) mass is 532 g/mol. The predicted octanol–water partition coefficient (Wildman–Crippen LogP) is 8.02. The fourth-order valence-corrected chi connectivity index (χ4v) is 5.41. The van der Waals surface area contributed by atoms with Crippen molar-refractivity contribution in [1.82, 2.24) is 4.98 Å². The Morgan fingerprint density at radius 2 is 2.03 bits per heavy atom. The van der Waals surface area contributed by atoms with Crippen LogP contribution in [0, 0.1) is 50.7 Å². The average molecular weight is 533 g/mol. The lowest BCUT2D eigenvalue weighted by Crippen LogP contribution is -2.30. The number of aliphatic imine (C=N–C) groups is 1. The molecule has 0 aliphatic heterocycles. The van der Waals surface area contributed by atoms with Gasteiger partial charge in [-0.15, -0.1) is 18.2 Å². The van der Waals surface area contributed by atoms with Crippen molar-refractivity contribution < 1.29 is 22.3 Å². The van der Waals surface area contributed by atoms with Crippen molar-refractivity contribution in [1.29, 1.82) is 0 Å². The van der Waals surface area contributed by atoms with E-state index in [9.17, 15) is 17.6 Å². The van der Waals surface area contributed by atoms with Crippen LogP contribution >= 0.6 is 11.8 Å². The van der Waals surface area contributed by atoms with E-state index in [0.717, 1.165) is 34.8 Å². The maximum absolute atomic E-state index is 14.1. The van der Waals surface area contributed by atoms with Gasteiger partial charge >= 0.3 is 0 Å². The first-order valence-corrected chi connectivity index (χ1v) is 12.4. The molecule has 0 N–H and O–H groups in total. The number of alkyl halides is 2. The van der Waals surface area contributed by atoms with Crippen LogP contribution < -0.4 is 0 Å². The molecule has 0 spiro atoms. The van der Waals surface area contributed by atoms with E-state index in [1.165, 1.54) is 5.41 Å². The zero-order valence-corrected chi connectivity index (χ0v) is 22.6. The fraction of sp³-hybridized carbons (Fsp3) is 0.379. The van der Waals surface area contributed by atoms with E-state index in [2.05, 4.69) is 29.1 Å². The van der Waals surface area contributed by atoms with Crippen molar-refractivity contribution in [3.8, 4) is 12.3 Å². The maximum Gasteiger partial charge on any atom is 0.253 e. The maximum atomic E-state index is 14.1. The summed E-state index contributed by atoms with van der Waals surface area (Å²) in [5, 5.41) is 1.40. The van der Waals surface area contributed by atoms with Crippen LogP contribution in [0.15, 0.2) is 53.7 Å². The van der Waals surface area contributed by atoms with Crippen molar-refractivity contribution in [2.75, 3.05) is 6.61 Å². The Hall–Kier alpha value is -3.05. The Labute approximate surface area is 221 Å². The lowest BCUT2D eigenvalue weighted by atomic mass is 9.78. The molecule has 0 saturated heterocycles. The number of benzene rings is 1. The van der Waals surface area contributed by atoms with Gasteiger partial charge < -0.3 is 4.74 Å². The highest BCUT2D eigenvalue weighted by atomic mass is 32.2. The second-order valence-electron chi connectivity index (χ2n) is 9.41. The zero-order chi connectivity index (χ0) is 28.0. The van der Waals surface area contributed by atoms with Crippen LogP contribution in [0.4, 0.5) is 23.2 Å². The van der Waals surface area contributed by atoms with Gasteiger partial charge in [-0.1, -0.05) is 39.0 Å². The number of allylic oxidation sites excluding steroid dienone is 1. The molecule has 1 saturated carbocycles. The Morgan fingerprint density at radius 1 is 1.35 bits per heavy atom. The van der Waals surface area contributed by atoms with E-state index in [0.29, 0.717) is 11.3 Å². The van der Waals surface area contributed by atoms with E-state index in [1.807, 2.05) is 19.9 Å². The highest BCUT2D eigenvalue weighted by Crippen LogP contribution is 2.65. The first-order valence-electron chi connectivity index (χ1n) is 11.6.